The van der Waals surface area contributed by atoms with Crippen molar-refractivity contribution in [2.75, 3.05) is 6.61 Å². The van der Waals surface area contributed by atoms with Gasteiger partial charge in [-0.25, -0.2) is 0 Å². The Hall–Kier alpha value is 0.140. The van der Waals surface area contributed by atoms with Gasteiger partial charge in [0.2, 0.25) is 0 Å². The van der Waals surface area contributed by atoms with Crippen molar-refractivity contribution in [3.8, 4) is 0 Å². The smallest absolute Gasteiger partial charge is 0.195 e. The van der Waals surface area contributed by atoms with Crippen molar-refractivity contribution in [3.63, 3.8) is 0 Å². The van der Waals surface area contributed by atoms with E-state index in [9.17, 15) is 4.57 Å². The Morgan fingerprint density at radius 3 is 2.54 bits per heavy atom. The first-order valence-corrected chi connectivity index (χ1v) is 6.72. The van der Waals surface area contributed by atoms with Crippen molar-refractivity contribution < 1.29 is 9.09 Å². The average Bonchev–Trinajstić information content (AvgIpc) is 2.09. The molecule has 0 aliphatic heterocycles. The minimum atomic E-state index is -1.86. The molecule has 4 heteroatoms. The van der Waals surface area contributed by atoms with Crippen LogP contribution in [0.3, 0.4) is 0 Å². The topological polar surface area (TPSA) is 26.3 Å². The predicted octanol–water partition coefficient (Wildman–Crippen LogP) is 3.30. The normalized spacial score (nSPS) is 12.8. The van der Waals surface area contributed by atoms with Gasteiger partial charge < -0.3 is 4.52 Å². The summed E-state index contributed by atoms with van der Waals surface area (Å²) in [6, 6.07) is 8.00. The lowest BCUT2D eigenvalue weighted by Gasteiger charge is -2.01. The van der Waals surface area contributed by atoms with E-state index < -0.39 is 8.03 Å². The number of benzene rings is 1. The molecule has 0 spiro atoms. The van der Waals surface area contributed by atoms with E-state index in [2.05, 4.69) is 22.6 Å². The first kappa shape index (κ1) is 11.2. The zero-order valence-corrected chi connectivity index (χ0v) is 10.6. The molecule has 1 unspecified atom stereocenters. The zero-order chi connectivity index (χ0) is 9.68. The van der Waals surface area contributed by atoms with Gasteiger partial charge >= 0.3 is 0 Å². The maximum atomic E-state index is 11.3. The lowest BCUT2D eigenvalue weighted by molar-refractivity contribution is 0.350. The molecule has 0 N–H and O–H groups in total. The van der Waals surface area contributed by atoms with Gasteiger partial charge in [0.25, 0.3) is 0 Å². The minimum absolute atomic E-state index is 0.530. The van der Waals surface area contributed by atoms with E-state index in [1.165, 1.54) is 3.57 Å². The van der Waals surface area contributed by atoms with E-state index in [1.54, 1.807) is 0 Å². The second kappa shape index (κ2) is 5.78. The molecule has 0 aromatic heterocycles. The molecule has 0 amide bonds. The molecule has 72 valence electrons. The van der Waals surface area contributed by atoms with Crippen LogP contribution in [0.25, 0.3) is 0 Å². The van der Waals surface area contributed by atoms with Crippen LogP contribution in [-0.2, 0) is 15.3 Å². The molecular weight excluding hydrogens is 298 g/mol. The second-order valence-corrected chi connectivity index (χ2v) is 5.24. The van der Waals surface area contributed by atoms with Gasteiger partial charge in [0.15, 0.2) is 8.03 Å². The van der Waals surface area contributed by atoms with Crippen molar-refractivity contribution in [3.05, 3.63) is 33.4 Å². The summed E-state index contributed by atoms with van der Waals surface area (Å²) in [6.07, 6.45) is 0.551. The van der Waals surface area contributed by atoms with Crippen LogP contribution in [0.1, 0.15) is 12.5 Å². The molecule has 1 aromatic carbocycles. The van der Waals surface area contributed by atoms with Gasteiger partial charge in [0.1, 0.15) is 0 Å². The third-order valence-corrected chi connectivity index (χ3v) is 3.59. The molecule has 0 saturated carbocycles. The molecule has 0 radical (unpaired) electrons. The highest BCUT2D eigenvalue weighted by atomic mass is 127. The number of hydrogen-bond acceptors (Lipinski definition) is 2. The molecule has 1 atom stereocenters. The molecule has 0 fully saturated rings. The molecule has 0 aliphatic carbocycles. The fourth-order valence-electron chi connectivity index (χ4n) is 0.981. The third-order valence-electron chi connectivity index (χ3n) is 1.57. The van der Waals surface area contributed by atoms with Gasteiger partial charge in [-0.05, 0) is 47.2 Å². The fourth-order valence-corrected chi connectivity index (χ4v) is 2.33. The number of hydrogen-bond donors (Lipinski definition) is 0. The lowest BCUT2D eigenvalue weighted by Crippen LogP contribution is -1.83. The van der Waals surface area contributed by atoms with Crippen LogP contribution in [0, 0.1) is 3.57 Å². The van der Waals surface area contributed by atoms with E-state index in [0.717, 1.165) is 5.56 Å². The molecule has 0 saturated heterocycles. The van der Waals surface area contributed by atoms with Crippen molar-refractivity contribution in [2.45, 2.75) is 13.1 Å². The quantitative estimate of drug-likeness (QED) is 0.630. The molecular formula is C9H12IO2P. The van der Waals surface area contributed by atoms with Crippen molar-refractivity contribution in [2.24, 2.45) is 0 Å². The third kappa shape index (κ3) is 4.25. The number of halogens is 1. The molecule has 1 rings (SSSR count). The molecule has 1 aromatic rings. The average molecular weight is 310 g/mol. The Kier molecular flexibility index (Phi) is 4.99. The van der Waals surface area contributed by atoms with Crippen LogP contribution in [0.15, 0.2) is 24.3 Å². The summed E-state index contributed by atoms with van der Waals surface area (Å²) in [5, 5.41) is 0. The minimum Gasteiger partial charge on any atom is -0.331 e. The van der Waals surface area contributed by atoms with Gasteiger partial charge in [-0.3, -0.25) is 4.57 Å². The van der Waals surface area contributed by atoms with Gasteiger partial charge in [-0.2, -0.15) is 0 Å². The Bertz CT molecular complexity index is 284. The molecule has 13 heavy (non-hydrogen) atoms. The summed E-state index contributed by atoms with van der Waals surface area (Å²) in [4.78, 5) is 0. The molecule has 0 bridgehead atoms. The van der Waals surface area contributed by atoms with Crippen molar-refractivity contribution >= 4 is 30.6 Å². The van der Waals surface area contributed by atoms with Crippen molar-refractivity contribution in [1.29, 1.82) is 0 Å². The highest BCUT2D eigenvalue weighted by molar-refractivity contribution is 14.1. The van der Waals surface area contributed by atoms with Crippen LogP contribution >= 0.6 is 30.6 Å². The van der Waals surface area contributed by atoms with Crippen LogP contribution in [0.2, 0.25) is 0 Å². The largest absolute Gasteiger partial charge is 0.331 e. The van der Waals surface area contributed by atoms with Gasteiger partial charge in [-0.1, -0.05) is 12.1 Å². The van der Waals surface area contributed by atoms with Gasteiger partial charge in [0.05, 0.1) is 6.61 Å². The van der Waals surface area contributed by atoms with Crippen molar-refractivity contribution in [1.82, 2.24) is 0 Å². The fraction of sp³-hybridized carbons (Fsp3) is 0.333. The summed E-state index contributed by atoms with van der Waals surface area (Å²) in [6.45, 7) is 2.39. The first-order valence-electron chi connectivity index (χ1n) is 4.12. The van der Waals surface area contributed by atoms with Crippen LogP contribution in [0.5, 0.6) is 0 Å². The van der Waals surface area contributed by atoms with E-state index in [0.29, 0.717) is 12.8 Å². The maximum absolute atomic E-state index is 11.3. The van der Waals surface area contributed by atoms with E-state index in [4.69, 9.17) is 4.52 Å². The predicted molar refractivity (Wildman–Crippen MR) is 63.5 cm³/mol. The summed E-state index contributed by atoms with van der Waals surface area (Å²) < 4.78 is 17.5. The highest BCUT2D eigenvalue weighted by Gasteiger charge is 2.00. The van der Waals surface area contributed by atoms with Crippen LogP contribution in [0.4, 0.5) is 0 Å². The van der Waals surface area contributed by atoms with Crippen LogP contribution < -0.4 is 0 Å². The monoisotopic (exact) mass is 310 g/mol. The Morgan fingerprint density at radius 2 is 2.00 bits per heavy atom. The molecule has 0 aliphatic rings. The molecule has 0 heterocycles. The maximum Gasteiger partial charge on any atom is 0.195 e. The Labute approximate surface area is 92.7 Å². The standard InChI is InChI=1S/C9H12IO2P/c1-2-12-13(11)7-8-3-5-9(10)6-4-8/h3-6,13H,2,7H2,1H3. The number of rotatable bonds is 4. The van der Waals surface area contributed by atoms with E-state index in [1.807, 2.05) is 31.2 Å². The van der Waals surface area contributed by atoms with Gasteiger partial charge in [0, 0.05) is 9.73 Å². The summed E-state index contributed by atoms with van der Waals surface area (Å²) in [5.41, 5.74) is 1.08. The van der Waals surface area contributed by atoms with E-state index >= 15 is 0 Å². The highest BCUT2D eigenvalue weighted by Crippen LogP contribution is 2.27. The zero-order valence-electron chi connectivity index (χ0n) is 7.42. The van der Waals surface area contributed by atoms with Crippen LogP contribution in [-0.4, -0.2) is 6.61 Å². The van der Waals surface area contributed by atoms with E-state index in [-0.39, 0.29) is 0 Å². The first-order chi connectivity index (χ1) is 6.22. The summed E-state index contributed by atoms with van der Waals surface area (Å²) >= 11 is 2.25. The van der Waals surface area contributed by atoms with Gasteiger partial charge in [-0.15, -0.1) is 0 Å². The second-order valence-electron chi connectivity index (χ2n) is 2.61. The SMILES string of the molecule is CCO[PH](=O)Cc1ccc(I)cc1. The summed E-state index contributed by atoms with van der Waals surface area (Å²) in [7, 11) is -1.86. The summed E-state index contributed by atoms with van der Waals surface area (Å²) in [5.74, 6) is 0. The Balaban J connectivity index is 2.54. The lowest BCUT2D eigenvalue weighted by atomic mass is 10.2. The molecule has 2 nitrogen and oxygen atoms in total. The Morgan fingerprint density at radius 1 is 1.38 bits per heavy atom.